The third-order valence-electron chi connectivity index (χ3n) is 6.02. The maximum atomic E-state index is 13.6. The third-order valence-corrected chi connectivity index (χ3v) is 6.02. The van der Waals surface area contributed by atoms with Crippen molar-refractivity contribution in [3.63, 3.8) is 0 Å². The first-order valence-electron chi connectivity index (χ1n) is 10.8. The standard InChI is InChI=1S/C27H24N2O3/c1-19-6-2-5-9-25(19)29-26(30)23-8-4-3-7-22(23)24(27(29)31)18-20-10-12-21(13-11-20)28-14-16-32-17-15-28/h2-13,18H,14-17H2,1H3. The van der Waals surface area contributed by atoms with E-state index in [1.165, 1.54) is 4.90 Å². The molecule has 0 aromatic heterocycles. The second kappa shape index (κ2) is 8.44. The molecule has 2 aliphatic rings. The van der Waals surface area contributed by atoms with E-state index in [0.717, 1.165) is 43.1 Å². The van der Waals surface area contributed by atoms with Crippen LogP contribution in [0.3, 0.4) is 0 Å². The van der Waals surface area contributed by atoms with Gasteiger partial charge in [0.1, 0.15) is 0 Å². The molecule has 0 aliphatic carbocycles. The van der Waals surface area contributed by atoms with Gasteiger partial charge in [-0.05, 0) is 54.0 Å². The van der Waals surface area contributed by atoms with Crippen molar-refractivity contribution in [2.24, 2.45) is 0 Å². The molecular weight excluding hydrogens is 400 g/mol. The van der Waals surface area contributed by atoms with Crippen LogP contribution in [-0.2, 0) is 9.53 Å². The lowest BCUT2D eigenvalue weighted by Crippen LogP contribution is -2.42. The van der Waals surface area contributed by atoms with Crippen LogP contribution >= 0.6 is 0 Å². The Hall–Kier alpha value is -3.70. The minimum absolute atomic E-state index is 0.292. The predicted molar refractivity (Wildman–Crippen MR) is 127 cm³/mol. The highest BCUT2D eigenvalue weighted by molar-refractivity contribution is 6.43. The Bertz CT molecular complexity index is 1210. The predicted octanol–water partition coefficient (Wildman–Crippen LogP) is 4.56. The number of hydrogen-bond acceptors (Lipinski definition) is 4. The number of benzene rings is 3. The van der Waals surface area contributed by atoms with Gasteiger partial charge in [-0.3, -0.25) is 9.59 Å². The molecule has 3 aromatic rings. The quantitative estimate of drug-likeness (QED) is 0.457. The van der Waals surface area contributed by atoms with E-state index in [4.69, 9.17) is 4.74 Å². The minimum atomic E-state index is -0.305. The molecule has 32 heavy (non-hydrogen) atoms. The summed E-state index contributed by atoms with van der Waals surface area (Å²) in [7, 11) is 0. The Labute approximate surface area is 187 Å². The fraction of sp³-hybridized carbons (Fsp3) is 0.185. The number of imide groups is 1. The largest absolute Gasteiger partial charge is 0.378 e. The molecule has 2 heterocycles. The monoisotopic (exact) mass is 424 g/mol. The van der Waals surface area contributed by atoms with Crippen LogP contribution in [0.15, 0.2) is 72.8 Å². The molecule has 0 bridgehead atoms. The van der Waals surface area contributed by atoms with Gasteiger partial charge in [-0.2, -0.15) is 0 Å². The second-order valence-electron chi connectivity index (χ2n) is 8.03. The van der Waals surface area contributed by atoms with Crippen molar-refractivity contribution in [1.82, 2.24) is 0 Å². The lowest BCUT2D eigenvalue weighted by atomic mass is 9.91. The van der Waals surface area contributed by atoms with Gasteiger partial charge in [-0.1, -0.05) is 48.5 Å². The minimum Gasteiger partial charge on any atom is -0.378 e. The van der Waals surface area contributed by atoms with Gasteiger partial charge < -0.3 is 9.64 Å². The second-order valence-corrected chi connectivity index (χ2v) is 8.03. The van der Waals surface area contributed by atoms with Gasteiger partial charge in [-0.15, -0.1) is 0 Å². The summed E-state index contributed by atoms with van der Waals surface area (Å²) in [6, 6.07) is 23.0. The molecule has 2 aliphatic heterocycles. The van der Waals surface area contributed by atoms with Crippen LogP contribution in [0.25, 0.3) is 11.6 Å². The average molecular weight is 425 g/mol. The van der Waals surface area contributed by atoms with Crippen molar-refractivity contribution < 1.29 is 14.3 Å². The number of amides is 2. The summed E-state index contributed by atoms with van der Waals surface area (Å²) < 4.78 is 5.43. The SMILES string of the molecule is Cc1ccccc1N1C(=O)C(=Cc2ccc(N3CCOCC3)cc2)c2ccccc2C1=O. The smallest absolute Gasteiger partial charge is 0.265 e. The highest BCUT2D eigenvalue weighted by atomic mass is 16.5. The summed E-state index contributed by atoms with van der Waals surface area (Å²) >= 11 is 0. The number of morpholine rings is 1. The zero-order valence-electron chi connectivity index (χ0n) is 18.0. The van der Waals surface area contributed by atoms with Crippen LogP contribution in [0.2, 0.25) is 0 Å². The molecule has 0 atom stereocenters. The van der Waals surface area contributed by atoms with Gasteiger partial charge in [0.25, 0.3) is 11.8 Å². The van der Waals surface area contributed by atoms with E-state index in [-0.39, 0.29) is 11.8 Å². The first-order chi connectivity index (χ1) is 15.6. The fourth-order valence-electron chi connectivity index (χ4n) is 4.29. The van der Waals surface area contributed by atoms with Crippen LogP contribution < -0.4 is 9.80 Å². The molecule has 5 nitrogen and oxygen atoms in total. The maximum Gasteiger partial charge on any atom is 0.265 e. The van der Waals surface area contributed by atoms with Gasteiger partial charge in [0.2, 0.25) is 0 Å². The zero-order valence-corrected chi connectivity index (χ0v) is 18.0. The van der Waals surface area contributed by atoms with E-state index in [2.05, 4.69) is 17.0 Å². The first kappa shape index (κ1) is 20.2. The molecule has 0 saturated carbocycles. The normalized spacial score (nSPS) is 17.6. The van der Waals surface area contributed by atoms with Crippen molar-refractivity contribution in [1.29, 1.82) is 0 Å². The van der Waals surface area contributed by atoms with Crippen LogP contribution in [0.5, 0.6) is 0 Å². The highest BCUT2D eigenvalue weighted by Crippen LogP contribution is 2.34. The number of anilines is 2. The number of nitrogens with zero attached hydrogens (tertiary/aromatic N) is 2. The summed E-state index contributed by atoms with van der Waals surface area (Å²) in [4.78, 5) is 30.4. The Morgan fingerprint density at radius 2 is 1.44 bits per heavy atom. The number of carbonyl (C=O) groups is 2. The maximum absolute atomic E-state index is 13.6. The number of fused-ring (bicyclic) bond motifs is 1. The van der Waals surface area contributed by atoms with Crippen LogP contribution in [-0.4, -0.2) is 38.1 Å². The highest BCUT2D eigenvalue weighted by Gasteiger charge is 2.36. The summed E-state index contributed by atoms with van der Waals surface area (Å²) in [5, 5.41) is 0. The number of hydrogen-bond donors (Lipinski definition) is 0. The van der Waals surface area contributed by atoms with E-state index in [1.54, 1.807) is 6.07 Å². The number of ether oxygens (including phenoxy) is 1. The Kier molecular flexibility index (Phi) is 5.33. The zero-order chi connectivity index (χ0) is 22.1. The van der Waals surface area contributed by atoms with Crippen LogP contribution in [0.1, 0.15) is 27.0 Å². The molecule has 0 N–H and O–H groups in total. The molecule has 0 unspecified atom stereocenters. The van der Waals surface area contributed by atoms with Crippen molar-refractivity contribution in [2.45, 2.75) is 6.92 Å². The molecular formula is C27H24N2O3. The van der Waals surface area contributed by atoms with Gasteiger partial charge >= 0.3 is 0 Å². The Morgan fingerprint density at radius 1 is 0.781 bits per heavy atom. The van der Waals surface area contributed by atoms with E-state index < -0.39 is 0 Å². The summed E-state index contributed by atoms with van der Waals surface area (Å²) in [5.74, 6) is -0.597. The molecule has 0 radical (unpaired) electrons. The van der Waals surface area contributed by atoms with Crippen molar-refractivity contribution in [2.75, 3.05) is 36.1 Å². The average Bonchev–Trinajstić information content (AvgIpc) is 2.84. The number of rotatable bonds is 3. The van der Waals surface area contributed by atoms with E-state index in [0.29, 0.717) is 22.4 Å². The fourth-order valence-corrected chi connectivity index (χ4v) is 4.29. The first-order valence-corrected chi connectivity index (χ1v) is 10.8. The molecule has 5 heteroatoms. The molecule has 5 rings (SSSR count). The summed E-state index contributed by atoms with van der Waals surface area (Å²) in [6.45, 7) is 5.13. The third kappa shape index (κ3) is 3.61. The van der Waals surface area contributed by atoms with Crippen molar-refractivity contribution >= 4 is 34.8 Å². The lowest BCUT2D eigenvalue weighted by molar-refractivity contribution is -0.112. The van der Waals surface area contributed by atoms with Gasteiger partial charge in [0.05, 0.1) is 18.9 Å². The topological polar surface area (TPSA) is 49.9 Å². The number of aryl methyl sites for hydroxylation is 1. The number of para-hydroxylation sites is 1. The molecule has 160 valence electrons. The number of carbonyl (C=O) groups excluding carboxylic acids is 2. The Morgan fingerprint density at radius 3 is 2.16 bits per heavy atom. The molecule has 1 fully saturated rings. The van der Waals surface area contributed by atoms with Crippen molar-refractivity contribution in [3.05, 3.63) is 95.1 Å². The molecule has 0 spiro atoms. The lowest BCUT2D eigenvalue weighted by Gasteiger charge is -2.30. The molecule has 3 aromatic carbocycles. The van der Waals surface area contributed by atoms with Gasteiger partial charge in [0.15, 0.2) is 0 Å². The Balaban J connectivity index is 1.55. The summed E-state index contributed by atoms with van der Waals surface area (Å²) in [6.07, 6.45) is 1.88. The van der Waals surface area contributed by atoms with Crippen LogP contribution in [0, 0.1) is 6.92 Å². The van der Waals surface area contributed by atoms with Crippen molar-refractivity contribution in [3.8, 4) is 0 Å². The van der Waals surface area contributed by atoms with Gasteiger partial charge in [-0.25, -0.2) is 4.90 Å². The van der Waals surface area contributed by atoms with Crippen LogP contribution in [0.4, 0.5) is 11.4 Å². The summed E-state index contributed by atoms with van der Waals surface area (Å²) in [5.41, 5.74) is 5.27. The van der Waals surface area contributed by atoms with E-state index >= 15 is 0 Å². The van der Waals surface area contributed by atoms with Gasteiger partial charge in [0, 0.05) is 29.9 Å². The molecule has 2 amide bonds. The molecule has 1 saturated heterocycles. The van der Waals surface area contributed by atoms with E-state index in [9.17, 15) is 9.59 Å². The van der Waals surface area contributed by atoms with E-state index in [1.807, 2.05) is 67.6 Å².